The number of nitro groups is 1. The number of anilines is 1. The maximum absolute atomic E-state index is 12.3. The Morgan fingerprint density at radius 3 is 2.40 bits per heavy atom. The zero-order valence-corrected chi connectivity index (χ0v) is 13.7. The molecule has 25 heavy (non-hydrogen) atoms. The average molecular weight is 344 g/mol. The van der Waals surface area contributed by atoms with Crippen molar-refractivity contribution in [2.45, 2.75) is 6.61 Å². The third kappa shape index (κ3) is 4.11. The van der Waals surface area contributed by atoms with E-state index in [9.17, 15) is 19.7 Å². The molecule has 0 saturated carbocycles. The van der Waals surface area contributed by atoms with E-state index >= 15 is 0 Å². The van der Waals surface area contributed by atoms with Crippen LogP contribution in [0, 0.1) is 10.1 Å². The molecule has 0 aliphatic rings. The van der Waals surface area contributed by atoms with Crippen molar-refractivity contribution in [2.75, 3.05) is 19.1 Å². The Hall–Kier alpha value is -3.42. The summed E-state index contributed by atoms with van der Waals surface area (Å²) < 4.78 is 9.79. The molecule has 0 saturated heterocycles. The summed E-state index contributed by atoms with van der Waals surface area (Å²) in [5.74, 6) is -0.790. The van der Waals surface area contributed by atoms with Gasteiger partial charge in [0, 0.05) is 13.1 Å². The maximum Gasteiger partial charge on any atom is 0.414 e. The van der Waals surface area contributed by atoms with Crippen molar-refractivity contribution in [3.05, 3.63) is 69.8 Å². The van der Waals surface area contributed by atoms with Crippen molar-refractivity contribution in [1.82, 2.24) is 0 Å². The highest BCUT2D eigenvalue weighted by molar-refractivity contribution is 6.03. The van der Waals surface area contributed by atoms with Crippen LogP contribution in [0.15, 0.2) is 48.5 Å². The van der Waals surface area contributed by atoms with Gasteiger partial charge in [-0.25, -0.2) is 9.59 Å². The molecule has 2 aromatic carbocycles. The highest BCUT2D eigenvalue weighted by Crippen LogP contribution is 2.32. The molecule has 0 aliphatic carbocycles. The lowest BCUT2D eigenvalue weighted by molar-refractivity contribution is -0.384. The molecule has 0 atom stereocenters. The van der Waals surface area contributed by atoms with Crippen molar-refractivity contribution in [2.24, 2.45) is 0 Å². The van der Waals surface area contributed by atoms with Crippen LogP contribution in [-0.2, 0) is 16.1 Å². The van der Waals surface area contributed by atoms with Gasteiger partial charge in [0.15, 0.2) is 0 Å². The highest BCUT2D eigenvalue weighted by atomic mass is 16.6. The largest absolute Gasteiger partial charge is 0.465 e. The van der Waals surface area contributed by atoms with Crippen LogP contribution in [0.3, 0.4) is 0 Å². The molecule has 0 spiro atoms. The number of rotatable bonds is 5. The molecule has 2 rings (SSSR count). The van der Waals surface area contributed by atoms with Gasteiger partial charge in [0.2, 0.25) is 0 Å². The number of para-hydroxylation sites is 1. The van der Waals surface area contributed by atoms with Crippen LogP contribution in [0.4, 0.5) is 16.2 Å². The summed E-state index contributed by atoms with van der Waals surface area (Å²) >= 11 is 0. The molecule has 0 aliphatic heterocycles. The molecular weight excluding hydrogens is 328 g/mol. The second-order valence-electron chi connectivity index (χ2n) is 5.02. The smallest absolute Gasteiger partial charge is 0.414 e. The van der Waals surface area contributed by atoms with E-state index in [0.717, 1.165) is 17.6 Å². The predicted molar refractivity (Wildman–Crippen MR) is 89.5 cm³/mol. The molecule has 0 bridgehead atoms. The molecule has 8 nitrogen and oxygen atoms in total. The second kappa shape index (κ2) is 7.91. The van der Waals surface area contributed by atoms with E-state index in [4.69, 9.17) is 4.74 Å². The third-order valence-electron chi connectivity index (χ3n) is 3.43. The number of hydrogen-bond donors (Lipinski definition) is 0. The Balaban J connectivity index is 2.30. The lowest BCUT2D eigenvalue weighted by atomic mass is 10.1. The summed E-state index contributed by atoms with van der Waals surface area (Å²) in [7, 11) is 2.45. The Morgan fingerprint density at radius 1 is 1.12 bits per heavy atom. The van der Waals surface area contributed by atoms with Crippen molar-refractivity contribution in [3.8, 4) is 0 Å². The van der Waals surface area contributed by atoms with Gasteiger partial charge < -0.3 is 9.47 Å². The first kappa shape index (κ1) is 17.9. The van der Waals surface area contributed by atoms with Crippen LogP contribution < -0.4 is 4.90 Å². The van der Waals surface area contributed by atoms with Crippen molar-refractivity contribution in [1.29, 1.82) is 0 Å². The van der Waals surface area contributed by atoms with Crippen molar-refractivity contribution >= 4 is 23.4 Å². The minimum absolute atomic E-state index is 0.00178. The molecule has 0 heterocycles. The third-order valence-corrected chi connectivity index (χ3v) is 3.43. The SMILES string of the molecule is COC(=O)c1cccc([N+](=O)[O-])c1N(C)C(=O)OCc1ccccc1. The number of hydrogen-bond acceptors (Lipinski definition) is 6. The van der Waals surface area contributed by atoms with E-state index in [1.54, 1.807) is 24.3 Å². The van der Waals surface area contributed by atoms with E-state index < -0.39 is 22.7 Å². The van der Waals surface area contributed by atoms with Gasteiger partial charge in [-0.3, -0.25) is 15.0 Å². The first-order valence-electron chi connectivity index (χ1n) is 7.25. The molecule has 0 N–H and O–H groups in total. The highest BCUT2D eigenvalue weighted by Gasteiger charge is 2.29. The molecule has 1 amide bonds. The number of nitro benzene ring substituents is 1. The normalized spacial score (nSPS) is 10.0. The molecule has 130 valence electrons. The van der Waals surface area contributed by atoms with Gasteiger partial charge in [-0.2, -0.15) is 0 Å². The van der Waals surface area contributed by atoms with Gasteiger partial charge >= 0.3 is 12.1 Å². The van der Waals surface area contributed by atoms with E-state index in [1.165, 1.54) is 25.2 Å². The van der Waals surface area contributed by atoms with Crippen molar-refractivity contribution < 1.29 is 24.0 Å². The van der Waals surface area contributed by atoms with Gasteiger partial charge in [0.05, 0.1) is 17.6 Å². The van der Waals surface area contributed by atoms with E-state index in [1.807, 2.05) is 6.07 Å². The Morgan fingerprint density at radius 2 is 1.80 bits per heavy atom. The van der Waals surface area contributed by atoms with E-state index in [2.05, 4.69) is 4.74 Å². The van der Waals surface area contributed by atoms with Crippen LogP contribution in [0.25, 0.3) is 0 Å². The van der Waals surface area contributed by atoms with Crippen LogP contribution >= 0.6 is 0 Å². The lowest BCUT2D eigenvalue weighted by Crippen LogP contribution is -2.29. The number of methoxy groups -OCH3 is 1. The molecule has 0 radical (unpaired) electrons. The standard InChI is InChI=1S/C17H16N2O6/c1-18(17(21)25-11-12-7-4-3-5-8-12)15-13(16(20)24-2)9-6-10-14(15)19(22)23/h3-10H,11H2,1-2H3. The van der Waals surface area contributed by atoms with Crippen LogP contribution in [-0.4, -0.2) is 31.1 Å². The van der Waals surface area contributed by atoms with Crippen LogP contribution in [0.1, 0.15) is 15.9 Å². The molecule has 0 aromatic heterocycles. The Bertz CT molecular complexity index is 791. The molecule has 8 heteroatoms. The summed E-state index contributed by atoms with van der Waals surface area (Å²) in [6, 6.07) is 12.9. The summed E-state index contributed by atoms with van der Waals surface area (Å²) in [4.78, 5) is 35.7. The van der Waals surface area contributed by atoms with Gasteiger partial charge in [0.1, 0.15) is 12.3 Å². The lowest BCUT2D eigenvalue weighted by Gasteiger charge is -2.19. The fourth-order valence-corrected chi connectivity index (χ4v) is 2.21. The number of carbonyl (C=O) groups is 2. The van der Waals surface area contributed by atoms with Crippen LogP contribution in [0.2, 0.25) is 0 Å². The average Bonchev–Trinajstić information content (AvgIpc) is 2.64. The zero-order valence-electron chi connectivity index (χ0n) is 13.7. The van der Waals surface area contributed by atoms with Gasteiger partial charge in [0.25, 0.3) is 5.69 Å². The zero-order chi connectivity index (χ0) is 18.4. The number of carbonyl (C=O) groups excluding carboxylic acids is 2. The van der Waals surface area contributed by atoms with E-state index in [0.29, 0.717) is 0 Å². The van der Waals surface area contributed by atoms with Gasteiger partial charge in [-0.15, -0.1) is 0 Å². The monoisotopic (exact) mass is 344 g/mol. The summed E-state index contributed by atoms with van der Waals surface area (Å²) in [5, 5.41) is 11.3. The summed E-state index contributed by atoms with van der Waals surface area (Å²) in [6.45, 7) is -0.00178. The quantitative estimate of drug-likeness (QED) is 0.469. The Kier molecular flexibility index (Phi) is 5.67. The topological polar surface area (TPSA) is 99.0 Å². The first-order chi connectivity index (χ1) is 12.0. The minimum atomic E-state index is -0.830. The van der Waals surface area contributed by atoms with Gasteiger partial charge in [-0.05, 0) is 11.6 Å². The second-order valence-corrected chi connectivity index (χ2v) is 5.02. The number of nitrogens with zero attached hydrogens (tertiary/aromatic N) is 2. The number of esters is 1. The first-order valence-corrected chi connectivity index (χ1v) is 7.25. The van der Waals surface area contributed by atoms with Crippen LogP contribution in [0.5, 0.6) is 0 Å². The minimum Gasteiger partial charge on any atom is -0.465 e. The maximum atomic E-state index is 12.3. The summed E-state index contributed by atoms with van der Waals surface area (Å²) in [6.07, 6.45) is -0.830. The number of benzene rings is 2. The van der Waals surface area contributed by atoms with Gasteiger partial charge in [-0.1, -0.05) is 36.4 Å². The molecule has 0 fully saturated rings. The number of amides is 1. The molecule has 0 unspecified atom stereocenters. The fraction of sp³-hybridized carbons (Fsp3) is 0.176. The number of ether oxygens (including phenoxy) is 2. The van der Waals surface area contributed by atoms with E-state index in [-0.39, 0.29) is 17.9 Å². The fourth-order valence-electron chi connectivity index (χ4n) is 2.21. The molecule has 2 aromatic rings. The van der Waals surface area contributed by atoms with Crippen molar-refractivity contribution in [3.63, 3.8) is 0 Å². The Labute approximate surface area is 143 Å². The summed E-state index contributed by atoms with van der Waals surface area (Å²) in [5.41, 5.74) is 0.0790. The predicted octanol–water partition coefficient (Wildman–Crippen LogP) is 3.15. The molecular formula is C17H16N2O6.